The van der Waals surface area contributed by atoms with E-state index in [1.54, 1.807) is 0 Å². The zero-order valence-electron chi connectivity index (χ0n) is 13.8. The number of benzene rings is 3. The lowest BCUT2D eigenvalue weighted by Gasteiger charge is -2.22. The Kier molecular flexibility index (Phi) is 3.90. The van der Waals surface area contributed by atoms with Crippen LogP contribution in [-0.2, 0) is 10.3 Å². The van der Waals surface area contributed by atoms with E-state index in [-0.39, 0.29) is 6.04 Å². The van der Waals surface area contributed by atoms with Crippen LogP contribution in [0.2, 0.25) is 0 Å². The summed E-state index contributed by atoms with van der Waals surface area (Å²) in [7, 11) is -0.350. The van der Waals surface area contributed by atoms with Crippen LogP contribution in [0.1, 0.15) is 17.2 Å². The van der Waals surface area contributed by atoms with E-state index in [1.807, 2.05) is 90.8 Å². The number of hydrogen-bond acceptors (Lipinski definition) is 3. The first-order valence-corrected chi connectivity index (χ1v) is 9.18. The summed E-state index contributed by atoms with van der Waals surface area (Å²) in [6.07, 6.45) is 0. The Labute approximate surface area is 148 Å². The molecular weight excluding hydrogens is 330 g/mol. The summed E-state index contributed by atoms with van der Waals surface area (Å²) in [5, 5.41) is 0. The van der Waals surface area contributed by atoms with Gasteiger partial charge in [-0.15, -0.1) is 0 Å². The van der Waals surface area contributed by atoms with E-state index in [0.29, 0.717) is 4.86 Å². The highest BCUT2D eigenvalue weighted by Crippen LogP contribution is 2.41. The SMILES string of the molecule is CN1c2ccc(-c3ccccc3)cc2C(=S(=O)=O)C1c1ccccc1. The maximum atomic E-state index is 12.1. The molecule has 3 aromatic rings. The van der Waals surface area contributed by atoms with Crippen molar-refractivity contribution in [2.24, 2.45) is 0 Å². The van der Waals surface area contributed by atoms with Gasteiger partial charge >= 0.3 is 0 Å². The molecule has 0 N–H and O–H groups in total. The maximum Gasteiger partial charge on any atom is 0.220 e. The number of likely N-dealkylation sites (N-methyl/N-ethyl adjacent to an activating group) is 1. The summed E-state index contributed by atoms with van der Waals surface area (Å²) >= 11 is 0. The van der Waals surface area contributed by atoms with Gasteiger partial charge in [0, 0.05) is 18.3 Å². The topological polar surface area (TPSA) is 37.4 Å². The maximum absolute atomic E-state index is 12.1. The number of anilines is 1. The van der Waals surface area contributed by atoms with Crippen molar-refractivity contribution in [2.45, 2.75) is 6.04 Å². The second-order valence-corrected chi connectivity index (χ2v) is 7.03. The van der Waals surface area contributed by atoms with Crippen molar-refractivity contribution < 1.29 is 8.42 Å². The van der Waals surface area contributed by atoms with E-state index < -0.39 is 10.3 Å². The Morgan fingerprint density at radius 2 is 1.44 bits per heavy atom. The lowest BCUT2D eigenvalue weighted by molar-refractivity contribution is 0.626. The fraction of sp³-hybridized carbons (Fsp3) is 0.0952. The predicted octanol–water partition coefficient (Wildman–Crippen LogP) is 3.94. The Balaban J connectivity index is 1.91. The van der Waals surface area contributed by atoms with Gasteiger partial charge in [0.05, 0.1) is 6.04 Å². The van der Waals surface area contributed by atoms with Gasteiger partial charge in [0.15, 0.2) is 0 Å². The normalized spacial score (nSPS) is 16.0. The minimum absolute atomic E-state index is 0.291. The molecule has 0 aliphatic carbocycles. The van der Waals surface area contributed by atoms with Crippen molar-refractivity contribution in [2.75, 3.05) is 11.9 Å². The van der Waals surface area contributed by atoms with E-state index in [2.05, 4.69) is 0 Å². The van der Waals surface area contributed by atoms with Crippen molar-refractivity contribution >= 4 is 20.8 Å². The molecule has 0 aromatic heterocycles. The van der Waals surface area contributed by atoms with Gasteiger partial charge in [-0.2, -0.15) is 8.42 Å². The van der Waals surface area contributed by atoms with Crippen LogP contribution in [0.5, 0.6) is 0 Å². The monoisotopic (exact) mass is 347 g/mol. The highest BCUT2D eigenvalue weighted by atomic mass is 32.2. The Hall–Kier alpha value is -2.85. The van der Waals surface area contributed by atoms with Crippen molar-refractivity contribution in [3.63, 3.8) is 0 Å². The molecule has 1 aliphatic rings. The second-order valence-electron chi connectivity index (χ2n) is 6.12. The van der Waals surface area contributed by atoms with Gasteiger partial charge in [-0.25, -0.2) is 0 Å². The quantitative estimate of drug-likeness (QED) is 0.659. The van der Waals surface area contributed by atoms with Gasteiger partial charge in [0.1, 0.15) is 4.86 Å². The third kappa shape index (κ3) is 2.65. The van der Waals surface area contributed by atoms with Gasteiger partial charge in [0.25, 0.3) is 0 Å². The number of hydrogen-bond donors (Lipinski definition) is 0. The molecule has 1 heterocycles. The zero-order valence-corrected chi connectivity index (χ0v) is 14.6. The molecule has 3 aromatic carbocycles. The number of nitrogens with zero attached hydrogens (tertiary/aromatic N) is 1. The van der Waals surface area contributed by atoms with E-state index >= 15 is 0 Å². The zero-order chi connectivity index (χ0) is 17.4. The molecular formula is C21H17NO2S. The molecule has 0 saturated carbocycles. The Morgan fingerprint density at radius 3 is 2.08 bits per heavy atom. The van der Waals surface area contributed by atoms with Gasteiger partial charge in [-0.05, 0) is 28.8 Å². The molecule has 0 radical (unpaired) electrons. The standard InChI is InChI=1S/C21H17NO2S/c1-22-19-13-12-17(15-8-4-2-5-9-15)14-18(19)21(25(23)24)20(22)16-10-6-3-7-11-16/h2-14,20H,1H3. The summed E-state index contributed by atoms with van der Waals surface area (Å²) in [4.78, 5) is 2.46. The molecule has 0 fully saturated rings. The largest absolute Gasteiger partial charge is 0.362 e. The summed E-state index contributed by atoms with van der Waals surface area (Å²) in [6, 6.07) is 25.5. The number of rotatable bonds is 2. The van der Waals surface area contributed by atoms with E-state index in [9.17, 15) is 8.42 Å². The molecule has 1 atom stereocenters. The third-order valence-electron chi connectivity index (χ3n) is 4.68. The average molecular weight is 347 g/mol. The first-order valence-electron chi connectivity index (χ1n) is 8.10. The van der Waals surface area contributed by atoms with E-state index in [0.717, 1.165) is 27.9 Å². The van der Waals surface area contributed by atoms with Gasteiger partial charge < -0.3 is 4.90 Å². The summed E-state index contributed by atoms with van der Waals surface area (Å²) < 4.78 is 24.2. The van der Waals surface area contributed by atoms with Crippen LogP contribution >= 0.6 is 0 Å². The minimum atomic E-state index is -2.29. The second kappa shape index (κ2) is 6.22. The highest BCUT2D eigenvalue weighted by Gasteiger charge is 2.35. The molecule has 0 spiro atoms. The molecule has 124 valence electrons. The van der Waals surface area contributed by atoms with Crippen molar-refractivity contribution in [1.29, 1.82) is 0 Å². The van der Waals surface area contributed by atoms with Crippen LogP contribution < -0.4 is 4.90 Å². The summed E-state index contributed by atoms with van der Waals surface area (Å²) in [6.45, 7) is 0. The molecule has 0 bridgehead atoms. The highest BCUT2D eigenvalue weighted by molar-refractivity contribution is 7.73. The Morgan fingerprint density at radius 1 is 0.800 bits per heavy atom. The summed E-state index contributed by atoms with van der Waals surface area (Å²) in [5.74, 6) is 0. The molecule has 0 amide bonds. The first-order chi connectivity index (χ1) is 12.2. The van der Waals surface area contributed by atoms with Crippen LogP contribution in [-0.4, -0.2) is 20.3 Å². The lowest BCUT2D eigenvalue weighted by atomic mass is 9.99. The predicted molar refractivity (Wildman–Crippen MR) is 102 cm³/mol. The molecule has 0 saturated heterocycles. The van der Waals surface area contributed by atoms with Gasteiger partial charge in [-0.3, -0.25) is 0 Å². The smallest absolute Gasteiger partial charge is 0.220 e. The van der Waals surface area contributed by atoms with Gasteiger partial charge in [-0.1, -0.05) is 66.7 Å². The first kappa shape index (κ1) is 15.7. The van der Waals surface area contributed by atoms with Crippen LogP contribution in [0, 0.1) is 0 Å². The Bertz CT molecular complexity index is 1050. The summed E-state index contributed by atoms with van der Waals surface area (Å²) in [5.41, 5.74) is 4.79. The van der Waals surface area contributed by atoms with Crippen molar-refractivity contribution in [1.82, 2.24) is 0 Å². The van der Waals surface area contributed by atoms with Crippen LogP contribution in [0.3, 0.4) is 0 Å². The molecule has 1 unspecified atom stereocenters. The van der Waals surface area contributed by atoms with E-state index in [1.165, 1.54) is 0 Å². The van der Waals surface area contributed by atoms with Crippen molar-refractivity contribution in [3.8, 4) is 11.1 Å². The third-order valence-corrected chi connectivity index (χ3v) is 5.48. The van der Waals surface area contributed by atoms with Crippen molar-refractivity contribution in [3.05, 3.63) is 90.0 Å². The van der Waals surface area contributed by atoms with Crippen LogP contribution in [0.15, 0.2) is 78.9 Å². The van der Waals surface area contributed by atoms with Crippen LogP contribution in [0.25, 0.3) is 11.1 Å². The lowest BCUT2D eigenvalue weighted by Crippen LogP contribution is -2.24. The minimum Gasteiger partial charge on any atom is -0.362 e. The molecule has 3 nitrogen and oxygen atoms in total. The molecule has 25 heavy (non-hydrogen) atoms. The average Bonchev–Trinajstić information content (AvgIpc) is 2.95. The van der Waals surface area contributed by atoms with Gasteiger partial charge in [0.2, 0.25) is 10.3 Å². The van der Waals surface area contributed by atoms with E-state index in [4.69, 9.17) is 0 Å². The fourth-order valence-electron chi connectivity index (χ4n) is 3.50. The molecule has 4 rings (SSSR count). The molecule has 4 heteroatoms. The molecule has 1 aliphatic heterocycles. The fourth-order valence-corrected chi connectivity index (χ4v) is 4.32. The van der Waals surface area contributed by atoms with Crippen LogP contribution in [0.4, 0.5) is 5.69 Å². The number of fused-ring (bicyclic) bond motifs is 1.